The van der Waals surface area contributed by atoms with Crippen LogP contribution in [0.5, 0.6) is 0 Å². The minimum absolute atomic E-state index is 0.252. The quantitative estimate of drug-likeness (QED) is 0.201. The van der Waals surface area contributed by atoms with Crippen LogP contribution in [0.25, 0.3) is 44.1 Å². The van der Waals surface area contributed by atoms with Gasteiger partial charge < -0.3 is 4.42 Å². The van der Waals surface area contributed by atoms with Crippen LogP contribution in [0, 0.1) is 5.82 Å². The fraction of sp³-hybridized carbons (Fsp3) is 0. The van der Waals surface area contributed by atoms with E-state index in [1.807, 2.05) is 48.7 Å². The number of aliphatic imine (C=N–C) groups is 1. The van der Waals surface area contributed by atoms with Crippen LogP contribution in [0.4, 0.5) is 10.1 Å². The van der Waals surface area contributed by atoms with Crippen molar-refractivity contribution in [1.29, 1.82) is 0 Å². The molecule has 0 N–H and O–H groups in total. The Hall–Kier alpha value is -4.02. The molecule has 5 aromatic carbocycles. The number of hydrogen-bond acceptors (Lipinski definition) is 3. The number of halogens is 2. The summed E-state index contributed by atoms with van der Waals surface area (Å²) < 4.78 is 19.2. The Labute approximate surface area is 193 Å². The zero-order valence-electron chi connectivity index (χ0n) is 17.3. The van der Waals surface area contributed by atoms with Gasteiger partial charge in [0.2, 0.25) is 5.89 Å². The first kappa shape index (κ1) is 19.6. The first-order valence-corrected chi connectivity index (χ1v) is 10.8. The molecule has 0 aliphatic carbocycles. The highest BCUT2D eigenvalue weighted by Crippen LogP contribution is 2.32. The molecule has 6 aromatic rings. The molecule has 1 heterocycles. The summed E-state index contributed by atoms with van der Waals surface area (Å²) in [4.78, 5) is 9.30. The van der Waals surface area contributed by atoms with E-state index in [1.54, 1.807) is 6.07 Å². The van der Waals surface area contributed by atoms with E-state index in [1.165, 1.54) is 22.9 Å². The van der Waals surface area contributed by atoms with E-state index in [2.05, 4.69) is 35.3 Å². The molecule has 158 valence electrons. The Morgan fingerprint density at radius 3 is 2.27 bits per heavy atom. The lowest BCUT2D eigenvalue weighted by Gasteiger charge is -2.07. The normalized spacial score (nSPS) is 11.8. The smallest absolute Gasteiger partial charge is 0.228 e. The number of nitrogens with zero attached hydrogens (tertiary/aromatic N) is 2. The van der Waals surface area contributed by atoms with Gasteiger partial charge in [-0.3, -0.25) is 4.99 Å². The topological polar surface area (TPSA) is 38.4 Å². The summed E-state index contributed by atoms with van der Waals surface area (Å²) in [7, 11) is 0. The number of benzene rings is 5. The highest BCUT2D eigenvalue weighted by molar-refractivity contribution is 6.33. The maximum absolute atomic E-state index is 13.4. The van der Waals surface area contributed by atoms with Crippen LogP contribution in [-0.4, -0.2) is 11.2 Å². The fourth-order valence-electron chi connectivity index (χ4n) is 4.10. The van der Waals surface area contributed by atoms with Crippen molar-refractivity contribution in [2.45, 2.75) is 0 Å². The Morgan fingerprint density at radius 2 is 1.55 bits per heavy atom. The van der Waals surface area contributed by atoms with E-state index in [0.717, 1.165) is 22.0 Å². The Balaban J connectivity index is 1.43. The summed E-state index contributed by atoms with van der Waals surface area (Å²) in [5.41, 5.74) is 3.64. The highest BCUT2D eigenvalue weighted by atomic mass is 35.5. The lowest BCUT2D eigenvalue weighted by atomic mass is 9.97. The molecule has 3 nitrogen and oxygen atoms in total. The molecule has 0 saturated carbocycles. The summed E-state index contributed by atoms with van der Waals surface area (Å²) in [6.07, 6.45) is 1.91. The van der Waals surface area contributed by atoms with Gasteiger partial charge in [0.15, 0.2) is 5.58 Å². The van der Waals surface area contributed by atoms with Crippen LogP contribution in [0.1, 0.15) is 5.56 Å². The second-order valence-corrected chi connectivity index (χ2v) is 8.19. The Bertz CT molecular complexity index is 1650. The largest absolute Gasteiger partial charge is 0.436 e. The summed E-state index contributed by atoms with van der Waals surface area (Å²) in [5, 5.41) is 4.89. The summed E-state index contributed by atoms with van der Waals surface area (Å²) in [6.45, 7) is 0. The molecular weight excluding hydrogens is 435 g/mol. The molecule has 1 aromatic heterocycles. The monoisotopic (exact) mass is 450 g/mol. The van der Waals surface area contributed by atoms with Crippen molar-refractivity contribution in [2.24, 2.45) is 4.99 Å². The molecule has 33 heavy (non-hydrogen) atoms. The third-order valence-electron chi connectivity index (χ3n) is 5.69. The molecule has 0 spiro atoms. The molecule has 0 amide bonds. The van der Waals surface area contributed by atoms with Crippen molar-refractivity contribution in [3.8, 4) is 11.5 Å². The fourth-order valence-corrected chi connectivity index (χ4v) is 4.35. The van der Waals surface area contributed by atoms with Gasteiger partial charge in [0.05, 0.1) is 16.3 Å². The molecule has 0 aliphatic heterocycles. The van der Waals surface area contributed by atoms with Gasteiger partial charge in [0.1, 0.15) is 11.3 Å². The average Bonchev–Trinajstić information content (AvgIpc) is 3.24. The van der Waals surface area contributed by atoms with Gasteiger partial charge in [-0.05, 0) is 64.0 Å². The van der Waals surface area contributed by atoms with E-state index < -0.39 is 5.82 Å². The first-order chi connectivity index (χ1) is 16.2. The van der Waals surface area contributed by atoms with Crippen LogP contribution in [0.15, 0.2) is 100 Å². The molecule has 6 rings (SSSR count). The van der Waals surface area contributed by atoms with Gasteiger partial charge in [-0.1, -0.05) is 60.1 Å². The van der Waals surface area contributed by atoms with Gasteiger partial charge in [-0.15, -0.1) is 0 Å². The number of oxazole rings is 1. The van der Waals surface area contributed by atoms with Crippen molar-refractivity contribution in [3.63, 3.8) is 0 Å². The Morgan fingerprint density at radius 1 is 0.818 bits per heavy atom. The zero-order chi connectivity index (χ0) is 22.4. The molecule has 5 heteroatoms. The molecule has 0 saturated heterocycles. The van der Waals surface area contributed by atoms with Crippen molar-refractivity contribution < 1.29 is 8.81 Å². The van der Waals surface area contributed by atoms with E-state index >= 15 is 0 Å². The maximum atomic E-state index is 13.4. The molecule has 0 fully saturated rings. The Kier molecular flexibility index (Phi) is 4.67. The third-order valence-corrected chi connectivity index (χ3v) is 6.00. The lowest BCUT2D eigenvalue weighted by Crippen LogP contribution is -1.88. The van der Waals surface area contributed by atoms with Crippen LogP contribution in [-0.2, 0) is 0 Å². The predicted molar refractivity (Wildman–Crippen MR) is 133 cm³/mol. The van der Waals surface area contributed by atoms with Crippen molar-refractivity contribution in [2.75, 3.05) is 0 Å². The van der Waals surface area contributed by atoms with Crippen molar-refractivity contribution in [1.82, 2.24) is 4.98 Å². The average molecular weight is 451 g/mol. The van der Waals surface area contributed by atoms with E-state index in [-0.39, 0.29) is 5.02 Å². The molecule has 0 atom stereocenters. The van der Waals surface area contributed by atoms with Crippen molar-refractivity contribution >= 4 is 56.1 Å². The molecule has 0 aliphatic rings. The van der Waals surface area contributed by atoms with Crippen LogP contribution < -0.4 is 0 Å². The molecule has 0 unspecified atom stereocenters. The van der Waals surface area contributed by atoms with Crippen LogP contribution in [0.2, 0.25) is 5.02 Å². The molecule has 0 radical (unpaired) electrons. The van der Waals surface area contributed by atoms with Crippen LogP contribution in [0.3, 0.4) is 0 Å². The first-order valence-electron chi connectivity index (χ1n) is 10.5. The summed E-state index contributed by atoms with van der Waals surface area (Å²) >= 11 is 6.17. The summed E-state index contributed by atoms with van der Waals surface area (Å²) in [6, 6.07) is 28.5. The van der Waals surface area contributed by atoms with Gasteiger partial charge in [0.25, 0.3) is 0 Å². The van der Waals surface area contributed by atoms with Gasteiger partial charge in [-0.25, -0.2) is 9.37 Å². The van der Waals surface area contributed by atoms with E-state index in [4.69, 9.17) is 21.0 Å². The SMILES string of the molecule is Fc1ccc(-c2nc3cc(N=Cc4c5ccccc5cc5ccccc45)ccc3o2)c(Cl)c1. The number of aromatic nitrogens is 1. The van der Waals surface area contributed by atoms with Crippen LogP contribution >= 0.6 is 11.6 Å². The number of hydrogen-bond donors (Lipinski definition) is 0. The maximum Gasteiger partial charge on any atom is 0.228 e. The third kappa shape index (κ3) is 3.55. The van der Waals surface area contributed by atoms with E-state index in [0.29, 0.717) is 22.6 Å². The second-order valence-electron chi connectivity index (χ2n) is 7.79. The van der Waals surface area contributed by atoms with Gasteiger partial charge >= 0.3 is 0 Å². The van der Waals surface area contributed by atoms with Gasteiger partial charge in [-0.2, -0.15) is 0 Å². The van der Waals surface area contributed by atoms with Gasteiger partial charge in [0, 0.05) is 11.8 Å². The minimum Gasteiger partial charge on any atom is -0.436 e. The summed E-state index contributed by atoms with van der Waals surface area (Å²) in [5.74, 6) is -0.0615. The van der Waals surface area contributed by atoms with E-state index in [9.17, 15) is 4.39 Å². The standard InChI is InChI=1S/C28H16ClFN2O/c29-25-14-19(30)9-11-23(25)28-32-26-15-20(10-12-27(26)33-28)31-16-24-21-7-3-1-5-17(21)13-18-6-2-4-8-22(18)24/h1-16H. The minimum atomic E-state index is -0.405. The second kappa shape index (κ2) is 7.84. The lowest BCUT2D eigenvalue weighted by molar-refractivity contribution is 0.616. The molecule has 0 bridgehead atoms. The number of fused-ring (bicyclic) bond motifs is 3. The highest BCUT2D eigenvalue weighted by Gasteiger charge is 2.13. The van der Waals surface area contributed by atoms with Crippen molar-refractivity contribution in [3.05, 3.63) is 107 Å². The predicted octanol–water partition coefficient (Wildman–Crippen LogP) is 8.34. The molecular formula is C28H16ClFN2O. The number of rotatable bonds is 3. The zero-order valence-corrected chi connectivity index (χ0v) is 18.1.